The lowest BCUT2D eigenvalue weighted by Crippen LogP contribution is -2.29. The minimum absolute atomic E-state index is 0.108. The van der Waals surface area contributed by atoms with Crippen LogP contribution in [-0.4, -0.2) is 32.1 Å². The SMILES string of the molecule is Cc1conc1[C@@H](C)c1cccc(-n2cc3c(C(F)(F)F)cc(CN4CCCCC4)cn3c2=O)c1. The Kier molecular flexibility index (Phi) is 6.04. The second-order valence-corrected chi connectivity index (χ2v) is 9.33. The number of nitrogens with zero attached hydrogens (tertiary/aromatic N) is 4. The minimum Gasteiger partial charge on any atom is -0.364 e. The number of rotatable bonds is 5. The highest BCUT2D eigenvalue weighted by Crippen LogP contribution is 2.34. The number of pyridine rings is 1. The average molecular weight is 485 g/mol. The third kappa shape index (κ3) is 4.52. The minimum atomic E-state index is -4.58. The summed E-state index contributed by atoms with van der Waals surface area (Å²) in [5.41, 5.74) is 2.05. The third-order valence-corrected chi connectivity index (χ3v) is 6.83. The van der Waals surface area contributed by atoms with Gasteiger partial charge in [-0.2, -0.15) is 13.2 Å². The Morgan fingerprint density at radius 3 is 2.57 bits per heavy atom. The number of halogens is 3. The lowest BCUT2D eigenvalue weighted by Gasteiger charge is -2.26. The second kappa shape index (κ2) is 9.03. The van der Waals surface area contributed by atoms with E-state index in [-0.39, 0.29) is 11.4 Å². The normalized spacial score (nSPS) is 16.1. The average Bonchev–Trinajstić information content (AvgIpc) is 3.41. The molecule has 0 spiro atoms. The summed E-state index contributed by atoms with van der Waals surface area (Å²) < 4.78 is 49.5. The molecule has 0 amide bonds. The van der Waals surface area contributed by atoms with E-state index >= 15 is 0 Å². The van der Waals surface area contributed by atoms with Crippen molar-refractivity contribution in [2.45, 2.75) is 51.7 Å². The molecule has 4 heterocycles. The third-order valence-electron chi connectivity index (χ3n) is 6.83. The molecule has 0 aliphatic carbocycles. The number of hydrogen-bond acceptors (Lipinski definition) is 4. The maximum Gasteiger partial charge on any atom is 0.418 e. The van der Waals surface area contributed by atoms with Gasteiger partial charge in [-0.1, -0.05) is 30.6 Å². The smallest absolute Gasteiger partial charge is 0.364 e. The van der Waals surface area contributed by atoms with Crippen LogP contribution in [0, 0.1) is 6.92 Å². The first-order valence-electron chi connectivity index (χ1n) is 11.8. The van der Waals surface area contributed by atoms with Crippen LogP contribution in [0.2, 0.25) is 0 Å². The van der Waals surface area contributed by atoms with Crippen LogP contribution >= 0.6 is 0 Å². The maximum atomic E-state index is 14.0. The van der Waals surface area contributed by atoms with Crippen LogP contribution in [0.1, 0.15) is 60.1 Å². The van der Waals surface area contributed by atoms with Crippen LogP contribution in [0.15, 0.2) is 58.3 Å². The Morgan fingerprint density at radius 2 is 1.89 bits per heavy atom. The van der Waals surface area contributed by atoms with Crippen molar-refractivity contribution in [3.8, 4) is 5.69 Å². The molecule has 6 nitrogen and oxygen atoms in total. The highest BCUT2D eigenvalue weighted by molar-refractivity contribution is 5.58. The van der Waals surface area contributed by atoms with Gasteiger partial charge in [-0.15, -0.1) is 0 Å². The standard InChI is InChI=1S/C26H27F3N4O2/c1-17-16-35-30-24(17)18(2)20-7-6-8-21(12-20)32-15-23-22(26(27,28)29)11-19(14-33(23)25(32)34)13-31-9-4-3-5-10-31/h6-8,11-12,14-16,18H,3-5,9-10,13H2,1-2H3/t18-/m0/s1. The summed E-state index contributed by atoms with van der Waals surface area (Å²) in [5, 5.41) is 4.07. The molecule has 4 aromatic rings. The highest BCUT2D eigenvalue weighted by atomic mass is 19.4. The summed E-state index contributed by atoms with van der Waals surface area (Å²) in [6.45, 7) is 5.96. The van der Waals surface area contributed by atoms with Gasteiger partial charge in [0.1, 0.15) is 6.26 Å². The van der Waals surface area contributed by atoms with Gasteiger partial charge in [0.2, 0.25) is 0 Å². The summed E-state index contributed by atoms with van der Waals surface area (Å²) >= 11 is 0. The van der Waals surface area contributed by atoms with Crippen LogP contribution in [0.25, 0.3) is 11.2 Å². The molecule has 184 valence electrons. The van der Waals surface area contributed by atoms with E-state index in [1.807, 2.05) is 26.0 Å². The molecule has 0 N–H and O–H groups in total. The molecule has 35 heavy (non-hydrogen) atoms. The lowest BCUT2D eigenvalue weighted by atomic mass is 9.95. The Labute approximate surface area is 200 Å². The van der Waals surface area contributed by atoms with Gasteiger partial charge in [-0.3, -0.25) is 13.9 Å². The molecule has 1 atom stereocenters. The number of alkyl halides is 3. The number of likely N-dealkylation sites (tertiary alicyclic amines) is 1. The van der Waals surface area contributed by atoms with E-state index in [1.165, 1.54) is 16.8 Å². The molecule has 9 heteroatoms. The second-order valence-electron chi connectivity index (χ2n) is 9.33. The van der Waals surface area contributed by atoms with Crippen molar-refractivity contribution < 1.29 is 17.7 Å². The molecule has 0 saturated carbocycles. The van der Waals surface area contributed by atoms with Crippen molar-refractivity contribution >= 4 is 5.52 Å². The molecule has 1 saturated heterocycles. The fraction of sp³-hybridized carbons (Fsp3) is 0.385. The highest BCUT2D eigenvalue weighted by Gasteiger charge is 2.34. The number of hydrogen-bond donors (Lipinski definition) is 0. The van der Waals surface area contributed by atoms with Crippen LogP contribution in [0.4, 0.5) is 13.2 Å². The number of piperidine rings is 1. The molecule has 5 rings (SSSR count). The molecule has 1 aromatic carbocycles. The van der Waals surface area contributed by atoms with E-state index in [1.54, 1.807) is 24.6 Å². The zero-order chi connectivity index (χ0) is 24.7. The van der Waals surface area contributed by atoms with E-state index < -0.39 is 17.4 Å². The molecule has 1 aliphatic heterocycles. The van der Waals surface area contributed by atoms with Gasteiger partial charge in [0.15, 0.2) is 0 Å². The van der Waals surface area contributed by atoms with Crippen molar-refractivity contribution in [3.05, 3.63) is 87.4 Å². The monoisotopic (exact) mass is 484 g/mol. The summed E-state index contributed by atoms with van der Waals surface area (Å²) in [6.07, 6.45) is 3.02. The maximum absolute atomic E-state index is 14.0. The summed E-state index contributed by atoms with van der Waals surface area (Å²) in [5.74, 6) is -0.108. The van der Waals surface area contributed by atoms with E-state index in [0.29, 0.717) is 17.8 Å². The van der Waals surface area contributed by atoms with Crippen molar-refractivity contribution in [2.75, 3.05) is 13.1 Å². The first kappa shape index (κ1) is 23.4. The van der Waals surface area contributed by atoms with Crippen LogP contribution in [-0.2, 0) is 12.7 Å². The van der Waals surface area contributed by atoms with E-state index in [2.05, 4.69) is 10.1 Å². The van der Waals surface area contributed by atoms with Crippen molar-refractivity contribution in [1.29, 1.82) is 0 Å². The molecular formula is C26H27F3N4O2. The van der Waals surface area contributed by atoms with Crippen molar-refractivity contribution in [2.24, 2.45) is 0 Å². The van der Waals surface area contributed by atoms with Gasteiger partial charge in [0.05, 0.1) is 22.5 Å². The number of fused-ring (bicyclic) bond motifs is 1. The number of benzene rings is 1. The van der Waals surface area contributed by atoms with Gasteiger partial charge in [-0.05, 0) is 62.2 Å². The number of imidazole rings is 1. The van der Waals surface area contributed by atoms with Crippen molar-refractivity contribution in [1.82, 2.24) is 19.0 Å². The van der Waals surface area contributed by atoms with Gasteiger partial charge < -0.3 is 4.52 Å². The Bertz CT molecular complexity index is 1410. The Morgan fingerprint density at radius 1 is 1.11 bits per heavy atom. The molecule has 1 aliphatic rings. The lowest BCUT2D eigenvalue weighted by molar-refractivity contribution is -0.136. The zero-order valence-electron chi connectivity index (χ0n) is 19.7. The molecule has 3 aromatic heterocycles. The molecule has 0 bridgehead atoms. The fourth-order valence-electron chi connectivity index (χ4n) is 4.94. The molecule has 0 radical (unpaired) electrons. The van der Waals surface area contributed by atoms with Crippen LogP contribution in [0.3, 0.4) is 0 Å². The van der Waals surface area contributed by atoms with Gasteiger partial charge >= 0.3 is 11.9 Å². The van der Waals surface area contributed by atoms with Gasteiger partial charge in [-0.25, -0.2) is 4.79 Å². The summed E-state index contributed by atoms with van der Waals surface area (Å²) in [4.78, 5) is 15.5. The summed E-state index contributed by atoms with van der Waals surface area (Å²) in [7, 11) is 0. The van der Waals surface area contributed by atoms with Gasteiger partial charge in [0.25, 0.3) is 0 Å². The van der Waals surface area contributed by atoms with E-state index in [0.717, 1.165) is 53.6 Å². The molecule has 1 fully saturated rings. The zero-order valence-corrected chi connectivity index (χ0v) is 19.7. The first-order valence-corrected chi connectivity index (χ1v) is 11.8. The topological polar surface area (TPSA) is 55.7 Å². The Hall–Kier alpha value is -3.33. The fourth-order valence-corrected chi connectivity index (χ4v) is 4.94. The van der Waals surface area contributed by atoms with E-state index in [4.69, 9.17) is 4.52 Å². The molecular weight excluding hydrogens is 457 g/mol. The van der Waals surface area contributed by atoms with Crippen LogP contribution in [0.5, 0.6) is 0 Å². The predicted molar refractivity (Wildman–Crippen MR) is 126 cm³/mol. The van der Waals surface area contributed by atoms with E-state index in [9.17, 15) is 18.0 Å². The predicted octanol–water partition coefficient (Wildman–Crippen LogP) is 5.54. The Balaban J connectivity index is 1.58. The number of aryl methyl sites for hydroxylation is 1. The molecule has 0 unspecified atom stereocenters. The first-order chi connectivity index (χ1) is 16.7. The van der Waals surface area contributed by atoms with Crippen LogP contribution < -0.4 is 5.69 Å². The van der Waals surface area contributed by atoms with Gasteiger partial charge in [0, 0.05) is 30.4 Å². The largest absolute Gasteiger partial charge is 0.418 e. The quantitative estimate of drug-likeness (QED) is 0.373. The van der Waals surface area contributed by atoms with Crippen molar-refractivity contribution in [3.63, 3.8) is 0 Å². The summed E-state index contributed by atoms with van der Waals surface area (Å²) in [6, 6.07) is 8.40. The number of aromatic nitrogens is 3.